The van der Waals surface area contributed by atoms with Gasteiger partial charge in [-0.2, -0.15) is 0 Å². The Kier molecular flexibility index (Phi) is 4.29. The molecule has 0 spiro atoms. The van der Waals surface area contributed by atoms with E-state index in [9.17, 15) is 9.18 Å². The fourth-order valence-corrected chi connectivity index (χ4v) is 1.44. The topological polar surface area (TPSA) is 66.8 Å². The minimum atomic E-state index is -1.95. The van der Waals surface area contributed by atoms with Crippen LogP contribution in [0.25, 0.3) is 0 Å². The Balaban J connectivity index is 3.24. The van der Waals surface area contributed by atoms with E-state index in [1.807, 2.05) is 0 Å². The van der Waals surface area contributed by atoms with Gasteiger partial charge in [-0.1, -0.05) is 11.6 Å². The van der Waals surface area contributed by atoms with Crippen molar-refractivity contribution in [1.29, 1.82) is 0 Å². The summed E-state index contributed by atoms with van der Waals surface area (Å²) >= 11 is 5.72. The summed E-state index contributed by atoms with van der Waals surface area (Å²) < 4.78 is 17.7. The lowest BCUT2D eigenvalue weighted by Gasteiger charge is -2.08. The van der Waals surface area contributed by atoms with E-state index in [1.165, 1.54) is 0 Å². The Morgan fingerprint density at radius 2 is 2.19 bits per heavy atom. The summed E-state index contributed by atoms with van der Waals surface area (Å²) in [6.45, 7) is 1.70. The maximum Gasteiger partial charge on any atom is 0.490 e. The SMILES string of the molecule is CCOC(=O)c1cc(F)cc(B(O)O)c1Cl. The number of hydrogen-bond donors (Lipinski definition) is 2. The molecule has 0 saturated carbocycles. The predicted octanol–water partition coefficient (Wildman–Crippen LogP) is 0.336. The standard InChI is InChI=1S/C9H9BClFO4/c1-2-16-9(13)6-3-5(12)4-7(8(6)11)10(14)15/h3-4,14-15H,2H2,1H3. The molecule has 86 valence electrons. The van der Waals surface area contributed by atoms with Crippen LogP contribution in [0.5, 0.6) is 0 Å². The molecule has 1 aromatic rings. The third kappa shape index (κ3) is 2.72. The maximum atomic E-state index is 13.1. The lowest BCUT2D eigenvalue weighted by Crippen LogP contribution is -2.32. The maximum absolute atomic E-state index is 13.1. The summed E-state index contributed by atoms with van der Waals surface area (Å²) in [7, 11) is -1.95. The van der Waals surface area contributed by atoms with Gasteiger partial charge in [0.15, 0.2) is 0 Å². The Labute approximate surface area is 96.8 Å². The third-order valence-corrected chi connectivity index (χ3v) is 2.26. The summed E-state index contributed by atoms with van der Waals surface area (Å²) in [6, 6.07) is 1.72. The van der Waals surface area contributed by atoms with Crippen LogP contribution in [0.2, 0.25) is 5.02 Å². The lowest BCUT2D eigenvalue weighted by atomic mass is 9.79. The Bertz CT molecular complexity index is 411. The Morgan fingerprint density at radius 1 is 1.56 bits per heavy atom. The molecule has 0 heterocycles. The molecule has 4 nitrogen and oxygen atoms in total. The van der Waals surface area contributed by atoms with E-state index in [2.05, 4.69) is 4.74 Å². The van der Waals surface area contributed by atoms with E-state index in [1.54, 1.807) is 6.92 Å². The molecule has 0 saturated heterocycles. The van der Waals surface area contributed by atoms with Crippen LogP contribution in [0.15, 0.2) is 12.1 Å². The molecule has 0 amide bonds. The van der Waals surface area contributed by atoms with Gasteiger partial charge >= 0.3 is 13.1 Å². The van der Waals surface area contributed by atoms with E-state index in [4.69, 9.17) is 21.6 Å². The fourth-order valence-electron chi connectivity index (χ4n) is 1.16. The van der Waals surface area contributed by atoms with E-state index in [0.29, 0.717) is 0 Å². The molecule has 2 N–H and O–H groups in total. The lowest BCUT2D eigenvalue weighted by molar-refractivity contribution is 0.0526. The third-order valence-electron chi connectivity index (χ3n) is 1.84. The molecule has 0 aromatic heterocycles. The van der Waals surface area contributed by atoms with Gasteiger partial charge in [0.2, 0.25) is 0 Å². The monoisotopic (exact) mass is 246 g/mol. The van der Waals surface area contributed by atoms with Crippen molar-refractivity contribution in [3.8, 4) is 0 Å². The summed E-state index contributed by atoms with van der Waals surface area (Å²) in [4.78, 5) is 11.4. The Morgan fingerprint density at radius 3 is 2.69 bits per heavy atom. The number of carbonyl (C=O) groups excluding carboxylic acids is 1. The summed E-state index contributed by atoms with van der Waals surface area (Å²) in [5, 5.41) is 17.6. The van der Waals surface area contributed by atoms with Gasteiger partial charge in [0.05, 0.1) is 17.2 Å². The van der Waals surface area contributed by atoms with Crippen molar-refractivity contribution in [2.45, 2.75) is 6.92 Å². The molecule has 16 heavy (non-hydrogen) atoms. The first-order valence-electron chi connectivity index (χ1n) is 4.49. The van der Waals surface area contributed by atoms with Crippen molar-refractivity contribution < 1.29 is 24.0 Å². The highest BCUT2D eigenvalue weighted by molar-refractivity contribution is 6.63. The molecule has 7 heteroatoms. The van der Waals surface area contributed by atoms with Crippen LogP contribution in [-0.4, -0.2) is 29.7 Å². The first-order valence-corrected chi connectivity index (χ1v) is 4.87. The quantitative estimate of drug-likeness (QED) is 0.596. The van der Waals surface area contributed by atoms with Crippen LogP contribution >= 0.6 is 11.6 Å². The van der Waals surface area contributed by atoms with Gasteiger partial charge in [0.25, 0.3) is 0 Å². The van der Waals surface area contributed by atoms with Crippen LogP contribution in [-0.2, 0) is 4.74 Å². The van der Waals surface area contributed by atoms with Gasteiger partial charge in [-0.3, -0.25) is 0 Å². The number of ether oxygens (including phenoxy) is 1. The molecule has 0 aliphatic carbocycles. The first kappa shape index (κ1) is 13.0. The minimum absolute atomic E-state index is 0.114. The van der Waals surface area contributed by atoms with Gasteiger partial charge in [-0.05, 0) is 19.1 Å². The minimum Gasteiger partial charge on any atom is -0.462 e. The molecular weight excluding hydrogens is 237 g/mol. The van der Waals surface area contributed by atoms with Crippen LogP contribution < -0.4 is 5.46 Å². The molecule has 0 aliphatic heterocycles. The van der Waals surface area contributed by atoms with Crippen molar-refractivity contribution in [2.24, 2.45) is 0 Å². The molecule has 1 rings (SSSR count). The number of benzene rings is 1. The zero-order chi connectivity index (χ0) is 12.3. The number of halogens is 2. The summed E-state index contributed by atoms with van der Waals surface area (Å²) in [5.74, 6) is -1.61. The summed E-state index contributed by atoms with van der Waals surface area (Å²) in [6.07, 6.45) is 0. The largest absolute Gasteiger partial charge is 0.490 e. The molecule has 0 radical (unpaired) electrons. The van der Waals surface area contributed by atoms with Crippen molar-refractivity contribution in [3.63, 3.8) is 0 Å². The normalized spacial score (nSPS) is 10.1. The number of esters is 1. The average Bonchev–Trinajstić information content (AvgIpc) is 2.20. The molecule has 0 atom stereocenters. The van der Waals surface area contributed by atoms with E-state index >= 15 is 0 Å². The van der Waals surface area contributed by atoms with Gasteiger partial charge in [0.1, 0.15) is 5.82 Å². The number of hydrogen-bond acceptors (Lipinski definition) is 4. The number of carbonyl (C=O) groups is 1. The molecule has 1 aromatic carbocycles. The van der Waals surface area contributed by atoms with Gasteiger partial charge < -0.3 is 14.8 Å². The van der Waals surface area contributed by atoms with Crippen LogP contribution in [0.1, 0.15) is 17.3 Å². The van der Waals surface area contributed by atoms with E-state index < -0.39 is 18.9 Å². The second-order valence-corrected chi connectivity index (χ2v) is 3.33. The molecule has 0 fully saturated rings. The molecule has 0 aliphatic rings. The second-order valence-electron chi connectivity index (χ2n) is 2.95. The fraction of sp³-hybridized carbons (Fsp3) is 0.222. The van der Waals surface area contributed by atoms with Gasteiger partial charge in [0, 0.05) is 5.46 Å². The van der Waals surface area contributed by atoms with Crippen LogP contribution in [0, 0.1) is 5.82 Å². The molecular formula is C9H9BClFO4. The van der Waals surface area contributed by atoms with Crippen molar-refractivity contribution >= 4 is 30.2 Å². The van der Waals surface area contributed by atoms with Crippen LogP contribution in [0.4, 0.5) is 4.39 Å². The first-order chi connectivity index (χ1) is 7.47. The summed E-state index contributed by atoms with van der Waals surface area (Å²) in [5.41, 5.74) is -0.503. The average molecular weight is 246 g/mol. The molecule has 0 bridgehead atoms. The van der Waals surface area contributed by atoms with Gasteiger partial charge in [-0.25, -0.2) is 9.18 Å². The zero-order valence-electron chi connectivity index (χ0n) is 8.41. The highest BCUT2D eigenvalue weighted by atomic mass is 35.5. The van der Waals surface area contributed by atoms with Gasteiger partial charge in [-0.15, -0.1) is 0 Å². The zero-order valence-corrected chi connectivity index (χ0v) is 9.16. The highest BCUT2D eigenvalue weighted by Gasteiger charge is 2.23. The smallest absolute Gasteiger partial charge is 0.462 e. The van der Waals surface area contributed by atoms with Crippen molar-refractivity contribution in [1.82, 2.24) is 0 Å². The van der Waals surface area contributed by atoms with E-state index in [-0.39, 0.29) is 22.7 Å². The Hall–Kier alpha value is -1.11. The highest BCUT2D eigenvalue weighted by Crippen LogP contribution is 2.16. The van der Waals surface area contributed by atoms with E-state index in [0.717, 1.165) is 12.1 Å². The molecule has 0 unspecified atom stereocenters. The second kappa shape index (κ2) is 5.29. The number of rotatable bonds is 3. The van der Waals surface area contributed by atoms with Crippen molar-refractivity contribution in [3.05, 3.63) is 28.5 Å². The van der Waals surface area contributed by atoms with Crippen molar-refractivity contribution in [2.75, 3.05) is 6.61 Å². The predicted molar refractivity (Wildman–Crippen MR) is 57.2 cm³/mol. The van der Waals surface area contributed by atoms with Crippen LogP contribution in [0.3, 0.4) is 0 Å².